The summed E-state index contributed by atoms with van der Waals surface area (Å²) in [4.78, 5) is 2.46. The van der Waals surface area contributed by atoms with Gasteiger partial charge in [-0.3, -0.25) is 0 Å². The van der Waals surface area contributed by atoms with Crippen LogP contribution >= 0.6 is 0 Å². The molecule has 0 aliphatic rings. The van der Waals surface area contributed by atoms with E-state index in [0.29, 0.717) is 11.8 Å². The molecular weight excluding hydrogens is 607 g/mol. The highest BCUT2D eigenvalue weighted by Gasteiger charge is 2.20. The van der Waals surface area contributed by atoms with Gasteiger partial charge in [0.25, 0.3) is 0 Å². The normalized spacial score (nSPS) is 13.1. The Morgan fingerprint density at radius 2 is 0.900 bits per heavy atom. The summed E-state index contributed by atoms with van der Waals surface area (Å²) < 4.78 is 5.19. The molecule has 0 radical (unpaired) electrons. The Hall–Kier alpha value is -4.50. The molecule has 0 bridgehead atoms. The maximum Gasteiger partial charge on any atom is 0.0492 e. The van der Waals surface area contributed by atoms with Crippen LogP contribution in [0.5, 0.6) is 0 Å². The van der Waals surface area contributed by atoms with Crippen LogP contribution < -0.4 is 4.90 Å². The molecule has 2 unspecified atom stereocenters. The van der Waals surface area contributed by atoms with Gasteiger partial charge in [0.05, 0.1) is 0 Å². The number of anilines is 3. The predicted molar refractivity (Wildman–Crippen MR) is 218 cm³/mol. The minimum absolute atomic E-state index is 0.686. The first-order valence-corrected chi connectivity index (χ1v) is 19.4. The molecule has 0 saturated heterocycles. The van der Waals surface area contributed by atoms with Crippen molar-refractivity contribution in [2.45, 2.75) is 99.1 Å². The first-order chi connectivity index (χ1) is 24.5. The van der Waals surface area contributed by atoms with Crippen molar-refractivity contribution in [3.63, 3.8) is 0 Å². The monoisotopic (exact) mass is 661 g/mol. The molecule has 2 atom stereocenters. The first-order valence-electron chi connectivity index (χ1n) is 19.4. The van der Waals surface area contributed by atoms with Crippen molar-refractivity contribution in [1.82, 2.24) is 9.13 Å². The molecule has 0 amide bonds. The van der Waals surface area contributed by atoms with E-state index in [4.69, 9.17) is 0 Å². The van der Waals surface area contributed by atoms with Crippen molar-refractivity contribution in [3.05, 3.63) is 115 Å². The van der Waals surface area contributed by atoms with Gasteiger partial charge in [0, 0.05) is 73.8 Å². The van der Waals surface area contributed by atoms with Gasteiger partial charge in [0.2, 0.25) is 0 Å². The average molecular weight is 662 g/mol. The highest BCUT2D eigenvalue weighted by Crippen LogP contribution is 2.42. The Balaban J connectivity index is 1.37. The van der Waals surface area contributed by atoms with Crippen LogP contribution in [0.1, 0.15) is 84.6 Å². The third kappa shape index (κ3) is 6.55. The van der Waals surface area contributed by atoms with E-state index < -0.39 is 0 Å². The summed E-state index contributed by atoms with van der Waals surface area (Å²) in [6, 6.07) is 41.4. The molecule has 3 nitrogen and oxygen atoms in total. The van der Waals surface area contributed by atoms with E-state index in [1.54, 1.807) is 0 Å². The van der Waals surface area contributed by atoms with Gasteiger partial charge in [-0.2, -0.15) is 0 Å². The lowest BCUT2D eigenvalue weighted by Crippen LogP contribution is -2.11. The molecule has 7 aromatic rings. The van der Waals surface area contributed by atoms with Crippen LogP contribution in [-0.4, -0.2) is 9.13 Å². The number of hydrogen-bond donors (Lipinski definition) is 0. The zero-order chi connectivity index (χ0) is 34.6. The Labute approximate surface area is 299 Å². The van der Waals surface area contributed by atoms with E-state index >= 15 is 0 Å². The van der Waals surface area contributed by atoms with Crippen LogP contribution in [0.3, 0.4) is 0 Å². The second kappa shape index (κ2) is 15.2. The molecule has 0 saturated carbocycles. The van der Waals surface area contributed by atoms with Gasteiger partial charge in [0.15, 0.2) is 0 Å². The van der Waals surface area contributed by atoms with Gasteiger partial charge in [-0.25, -0.2) is 0 Å². The highest BCUT2D eigenvalue weighted by molar-refractivity contribution is 6.11. The first kappa shape index (κ1) is 34.0. The van der Waals surface area contributed by atoms with Crippen LogP contribution in [0.4, 0.5) is 17.1 Å². The number of fused-ring (bicyclic) bond motifs is 6. The van der Waals surface area contributed by atoms with E-state index in [1.165, 1.54) is 118 Å². The third-order valence-corrected chi connectivity index (χ3v) is 11.3. The van der Waals surface area contributed by atoms with E-state index in [9.17, 15) is 0 Å². The fourth-order valence-electron chi connectivity index (χ4n) is 8.25. The van der Waals surface area contributed by atoms with Crippen molar-refractivity contribution in [2.24, 2.45) is 11.8 Å². The van der Waals surface area contributed by atoms with Gasteiger partial charge < -0.3 is 14.0 Å². The smallest absolute Gasteiger partial charge is 0.0492 e. The molecule has 0 aliphatic carbocycles. The molecule has 7 rings (SSSR count). The van der Waals surface area contributed by atoms with Gasteiger partial charge in [0.1, 0.15) is 0 Å². The number of para-hydroxylation sites is 2. The minimum atomic E-state index is 0.686. The largest absolute Gasteiger partial charge is 0.340 e. The summed E-state index contributed by atoms with van der Waals surface area (Å²) >= 11 is 0. The summed E-state index contributed by atoms with van der Waals surface area (Å²) in [6.07, 6.45) is 10.1. The van der Waals surface area contributed by atoms with E-state index in [2.05, 4.69) is 158 Å². The van der Waals surface area contributed by atoms with Gasteiger partial charge in [-0.1, -0.05) is 120 Å². The van der Waals surface area contributed by atoms with E-state index in [0.717, 1.165) is 13.1 Å². The van der Waals surface area contributed by atoms with Crippen molar-refractivity contribution in [2.75, 3.05) is 4.90 Å². The standard InChI is InChI=1S/C47H55N3/c1-6-10-16-35(8-3)32-48-44-20-14-12-18-40(44)42-30-38(26-28-46(42)48)50(37-24-22-34(5)23-25-37)39-27-29-47-43(31-39)41-19-13-15-21-45(41)49(47)33-36(9-4)17-11-7-2/h12-15,18-31,35-36H,6-11,16-17,32-33H2,1-5H3. The van der Waals surface area contributed by atoms with Crippen LogP contribution in [-0.2, 0) is 13.1 Å². The topological polar surface area (TPSA) is 13.1 Å². The minimum Gasteiger partial charge on any atom is -0.340 e. The number of unbranched alkanes of at least 4 members (excludes halogenated alkanes) is 2. The molecule has 5 aromatic carbocycles. The quantitative estimate of drug-likeness (QED) is 0.107. The summed E-state index contributed by atoms with van der Waals surface area (Å²) in [5.74, 6) is 1.37. The molecule has 0 aliphatic heterocycles. The number of aryl methyl sites for hydroxylation is 1. The second-order valence-electron chi connectivity index (χ2n) is 14.7. The summed E-state index contributed by atoms with van der Waals surface area (Å²) in [6.45, 7) is 13.6. The number of aromatic nitrogens is 2. The van der Waals surface area contributed by atoms with Crippen LogP contribution in [0, 0.1) is 18.8 Å². The second-order valence-corrected chi connectivity index (χ2v) is 14.7. The lowest BCUT2D eigenvalue weighted by molar-refractivity contribution is 0.401. The van der Waals surface area contributed by atoms with Crippen LogP contribution in [0.2, 0.25) is 0 Å². The van der Waals surface area contributed by atoms with Gasteiger partial charge in [-0.05, 0) is 92.3 Å². The summed E-state index contributed by atoms with van der Waals surface area (Å²) in [7, 11) is 0. The zero-order valence-corrected chi connectivity index (χ0v) is 31.0. The maximum atomic E-state index is 2.60. The Kier molecular flexibility index (Phi) is 10.3. The molecule has 2 heterocycles. The summed E-state index contributed by atoms with van der Waals surface area (Å²) in [5, 5.41) is 5.34. The van der Waals surface area contributed by atoms with Crippen molar-refractivity contribution >= 4 is 60.7 Å². The lowest BCUT2D eigenvalue weighted by Gasteiger charge is -2.26. The molecule has 0 spiro atoms. The van der Waals surface area contributed by atoms with Crippen LogP contribution in [0.15, 0.2) is 109 Å². The van der Waals surface area contributed by atoms with E-state index in [-0.39, 0.29) is 0 Å². The van der Waals surface area contributed by atoms with E-state index in [1.807, 2.05) is 0 Å². The maximum absolute atomic E-state index is 2.60. The van der Waals surface area contributed by atoms with Gasteiger partial charge >= 0.3 is 0 Å². The average Bonchev–Trinajstić information content (AvgIpc) is 3.64. The molecule has 2 aromatic heterocycles. The number of nitrogens with zero attached hydrogens (tertiary/aromatic N) is 3. The molecule has 258 valence electrons. The number of benzene rings is 5. The predicted octanol–water partition coefficient (Wildman–Crippen LogP) is 14.1. The van der Waals surface area contributed by atoms with Gasteiger partial charge in [-0.15, -0.1) is 0 Å². The molecular formula is C47H55N3. The fourth-order valence-corrected chi connectivity index (χ4v) is 8.25. The molecule has 3 heteroatoms. The molecule has 50 heavy (non-hydrogen) atoms. The molecule has 0 fully saturated rings. The third-order valence-electron chi connectivity index (χ3n) is 11.3. The Morgan fingerprint density at radius 3 is 1.34 bits per heavy atom. The van der Waals surface area contributed by atoms with Crippen molar-refractivity contribution in [3.8, 4) is 0 Å². The Bertz CT molecular complexity index is 2060. The fraction of sp³-hybridized carbons (Fsp3) is 0.362. The highest BCUT2D eigenvalue weighted by atomic mass is 15.1. The SMILES string of the molecule is CCCCC(CC)Cn1c2ccccc2c2cc(N(c3ccc(C)cc3)c3ccc4c(c3)c3ccccc3n4CC(CC)CCCC)ccc21. The lowest BCUT2D eigenvalue weighted by atomic mass is 9.99. The van der Waals surface area contributed by atoms with Crippen molar-refractivity contribution < 1.29 is 0 Å². The Morgan fingerprint density at radius 1 is 0.480 bits per heavy atom. The zero-order valence-electron chi connectivity index (χ0n) is 31.0. The molecule has 0 N–H and O–H groups in total. The van der Waals surface area contributed by atoms with Crippen molar-refractivity contribution in [1.29, 1.82) is 0 Å². The number of rotatable bonds is 15. The summed E-state index contributed by atoms with van der Waals surface area (Å²) in [5.41, 5.74) is 10.2. The van der Waals surface area contributed by atoms with Crippen LogP contribution in [0.25, 0.3) is 43.6 Å². The number of hydrogen-bond acceptors (Lipinski definition) is 1.